The molecule has 1 aliphatic carbocycles. The van der Waals surface area contributed by atoms with E-state index in [4.69, 9.17) is 11.6 Å². The van der Waals surface area contributed by atoms with Gasteiger partial charge in [-0.1, -0.05) is 30.9 Å². The summed E-state index contributed by atoms with van der Waals surface area (Å²) in [7, 11) is 0. The number of imidazole rings is 1. The number of nitrogens with one attached hydrogen (secondary N) is 1. The van der Waals surface area contributed by atoms with Crippen molar-refractivity contribution in [2.45, 2.75) is 45.1 Å². The Hall–Kier alpha value is -1.48. The summed E-state index contributed by atoms with van der Waals surface area (Å²) >= 11 is 5.96. The second-order valence-corrected chi connectivity index (χ2v) is 5.97. The second-order valence-electron chi connectivity index (χ2n) is 5.53. The van der Waals surface area contributed by atoms with E-state index in [1.807, 2.05) is 31.2 Å². The number of anilines is 1. The van der Waals surface area contributed by atoms with E-state index in [-0.39, 0.29) is 0 Å². The van der Waals surface area contributed by atoms with Gasteiger partial charge in [0.15, 0.2) is 0 Å². The molecule has 0 aliphatic heterocycles. The van der Waals surface area contributed by atoms with E-state index in [0.717, 1.165) is 22.4 Å². The third-order valence-corrected chi connectivity index (χ3v) is 4.12. The summed E-state index contributed by atoms with van der Waals surface area (Å²) in [6, 6.07) is 8.43. The highest BCUT2D eigenvalue weighted by molar-refractivity contribution is 6.30. The van der Waals surface area contributed by atoms with E-state index >= 15 is 0 Å². The van der Waals surface area contributed by atoms with Crippen molar-refractivity contribution in [1.29, 1.82) is 0 Å². The van der Waals surface area contributed by atoms with Gasteiger partial charge in [-0.3, -0.25) is 4.57 Å². The number of nitrogens with zero attached hydrogens (tertiary/aromatic N) is 2. The Kier molecular flexibility index (Phi) is 3.97. The van der Waals surface area contributed by atoms with Crippen LogP contribution in [-0.2, 0) is 0 Å². The maximum Gasteiger partial charge on any atom is 0.207 e. The molecule has 106 valence electrons. The summed E-state index contributed by atoms with van der Waals surface area (Å²) in [5, 5.41) is 4.36. The molecule has 1 saturated carbocycles. The van der Waals surface area contributed by atoms with Crippen molar-refractivity contribution >= 4 is 17.5 Å². The van der Waals surface area contributed by atoms with Crippen molar-refractivity contribution in [3.05, 3.63) is 41.2 Å². The number of benzene rings is 1. The first kappa shape index (κ1) is 13.5. The topological polar surface area (TPSA) is 29.9 Å². The van der Waals surface area contributed by atoms with Crippen LogP contribution in [0.1, 0.15) is 37.8 Å². The molecule has 0 atom stereocenters. The SMILES string of the molecule is Cc1cn(-c2ccc(Cl)cc2)c(NC2CCCCC2)n1. The zero-order chi connectivity index (χ0) is 13.9. The summed E-state index contributed by atoms with van der Waals surface area (Å²) in [6.07, 6.45) is 8.55. The monoisotopic (exact) mass is 289 g/mol. The van der Waals surface area contributed by atoms with Crippen LogP contribution in [0.25, 0.3) is 5.69 Å². The molecule has 1 fully saturated rings. The molecule has 3 nitrogen and oxygen atoms in total. The van der Waals surface area contributed by atoms with E-state index in [9.17, 15) is 0 Å². The van der Waals surface area contributed by atoms with Gasteiger partial charge >= 0.3 is 0 Å². The predicted molar refractivity (Wildman–Crippen MR) is 83.8 cm³/mol. The van der Waals surface area contributed by atoms with Gasteiger partial charge in [-0.05, 0) is 44.0 Å². The lowest BCUT2D eigenvalue weighted by atomic mass is 9.96. The molecule has 0 bridgehead atoms. The highest BCUT2D eigenvalue weighted by atomic mass is 35.5. The Morgan fingerprint density at radius 1 is 1.15 bits per heavy atom. The third-order valence-electron chi connectivity index (χ3n) is 3.87. The quantitative estimate of drug-likeness (QED) is 0.896. The molecule has 1 N–H and O–H groups in total. The van der Waals surface area contributed by atoms with Crippen LogP contribution >= 0.6 is 11.6 Å². The van der Waals surface area contributed by atoms with Crippen molar-refractivity contribution in [3.8, 4) is 5.69 Å². The molecule has 0 spiro atoms. The highest BCUT2D eigenvalue weighted by Gasteiger charge is 2.16. The molecule has 1 aromatic carbocycles. The molecule has 0 radical (unpaired) electrons. The fourth-order valence-electron chi connectivity index (χ4n) is 2.83. The van der Waals surface area contributed by atoms with Crippen LogP contribution in [0, 0.1) is 6.92 Å². The molecule has 1 aliphatic rings. The molecule has 4 heteroatoms. The molecule has 0 amide bonds. The van der Waals surface area contributed by atoms with Gasteiger partial charge in [0.1, 0.15) is 0 Å². The average molecular weight is 290 g/mol. The van der Waals surface area contributed by atoms with Gasteiger partial charge in [0, 0.05) is 22.9 Å². The maximum atomic E-state index is 5.96. The normalized spacial score (nSPS) is 16.3. The van der Waals surface area contributed by atoms with Gasteiger partial charge in [-0.15, -0.1) is 0 Å². The molecule has 0 saturated heterocycles. The fraction of sp³-hybridized carbons (Fsp3) is 0.438. The van der Waals surface area contributed by atoms with Crippen molar-refractivity contribution < 1.29 is 0 Å². The van der Waals surface area contributed by atoms with Gasteiger partial charge in [0.2, 0.25) is 5.95 Å². The van der Waals surface area contributed by atoms with E-state index < -0.39 is 0 Å². The minimum atomic E-state index is 0.552. The first-order chi connectivity index (χ1) is 9.72. The van der Waals surface area contributed by atoms with Crippen LogP contribution in [0.15, 0.2) is 30.5 Å². The Balaban J connectivity index is 1.85. The van der Waals surface area contributed by atoms with Crippen LogP contribution in [0.2, 0.25) is 5.02 Å². The Labute approximate surface area is 125 Å². The van der Waals surface area contributed by atoms with E-state index in [0.29, 0.717) is 6.04 Å². The summed E-state index contributed by atoms with van der Waals surface area (Å²) < 4.78 is 2.11. The van der Waals surface area contributed by atoms with Gasteiger partial charge < -0.3 is 5.32 Å². The van der Waals surface area contributed by atoms with E-state index in [1.165, 1.54) is 32.1 Å². The van der Waals surface area contributed by atoms with Crippen molar-refractivity contribution in [2.24, 2.45) is 0 Å². The molecular weight excluding hydrogens is 270 g/mol. The number of hydrogen-bond acceptors (Lipinski definition) is 2. The molecule has 2 aromatic rings. The summed E-state index contributed by atoms with van der Waals surface area (Å²) in [5.41, 5.74) is 2.12. The van der Waals surface area contributed by atoms with Crippen LogP contribution < -0.4 is 5.32 Å². The van der Waals surface area contributed by atoms with Gasteiger partial charge in [0.05, 0.1) is 5.69 Å². The number of aryl methyl sites for hydroxylation is 1. The standard InChI is InChI=1S/C16H20ClN3/c1-12-11-20(15-9-7-13(17)8-10-15)16(18-12)19-14-5-3-2-4-6-14/h7-11,14H,2-6H2,1H3,(H,18,19). The average Bonchev–Trinajstić information content (AvgIpc) is 2.81. The summed E-state index contributed by atoms with van der Waals surface area (Å²) in [4.78, 5) is 4.62. The highest BCUT2D eigenvalue weighted by Crippen LogP contribution is 2.24. The van der Waals surface area contributed by atoms with Crippen molar-refractivity contribution in [1.82, 2.24) is 9.55 Å². The van der Waals surface area contributed by atoms with Crippen molar-refractivity contribution in [3.63, 3.8) is 0 Å². The number of rotatable bonds is 3. The second kappa shape index (κ2) is 5.88. The molecule has 3 rings (SSSR count). The number of hydrogen-bond donors (Lipinski definition) is 1. The van der Waals surface area contributed by atoms with Gasteiger partial charge in [-0.2, -0.15) is 0 Å². The predicted octanol–water partition coefficient (Wildman–Crippen LogP) is 4.58. The maximum absolute atomic E-state index is 5.96. The van der Waals surface area contributed by atoms with Crippen LogP contribution in [-0.4, -0.2) is 15.6 Å². The molecular formula is C16H20ClN3. The third kappa shape index (κ3) is 2.98. The molecule has 0 unspecified atom stereocenters. The molecule has 20 heavy (non-hydrogen) atoms. The van der Waals surface area contributed by atoms with E-state index in [1.54, 1.807) is 0 Å². The first-order valence-corrected chi connectivity index (χ1v) is 7.68. The lowest BCUT2D eigenvalue weighted by Crippen LogP contribution is -2.24. The zero-order valence-corrected chi connectivity index (χ0v) is 12.5. The summed E-state index contributed by atoms with van der Waals surface area (Å²) in [6.45, 7) is 2.03. The Bertz CT molecular complexity index is 568. The zero-order valence-electron chi connectivity index (χ0n) is 11.8. The van der Waals surface area contributed by atoms with E-state index in [2.05, 4.69) is 21.1 Å². The smallest absolute Gasteiger partial charge is 0.207 e. The lowest BCUT2D eigenvalue weighted by molar-refractivity contribution is 0.460. The lowest BCUT2D eigenvalue weighted by Gasteiger charge is -2.23. The van der Waals surface area contributed by atoms with Crippen LogP contribution in [0.3, 0.4) is 0 Å². The Morgan fingerprint density at radius 3 is 2.55 bits per heavy atom. The largest absolute Gasteiger partial charge is 0.353 e. The van der Waals surface area contributed by atoms with Crippen LogP contribution in [0.5, 0.6) is 0 Å². The van der Waals surface area contributed by atoms with Crippen molar-refractivity contribution in [2.75, 3.05) is 5.32 Å². The van der Waals surface area contributed by atoms with Crippen LogP contribution in [0.4, 0.5) is 5.95 Å². The van der Waals surface area contributed by atoms with Gasteiger partial charge in [0.25, 0.3) is 0 Å². The minimum Gasteiger partial charge on any atom is -0.353 e. The molecule has 1 heterocycles. The molecule has 1 aromatic heterocycles. The number of aromatic nitrogens is 2. The fourth-order valence-corrected chi connectivity index (χ4v) is 2.95. The number of halogens is 1. The minimum absolute atomic E-state index is 0.552. The first-order valence-electron chi connectivity index (χ1n) is 7.31. The Morgan fingerprint density at radius 2 is 1.85 bits per heavy atom. The summed E-state index contributed by atoms with van der Waals surface area (Å²) in [5.74, 6) is 0.941. The van der Waals surface area contributed by atoms with Gasteiger partial charge in [-0.25, -0.2) is 4.98 Å².